The number of amidine groups is 1. The van der Waals surface area contributed by atoms with E-state index >= 15 is 0 Å². The van der Waals surface area contributed by atoms with Gasteiger partial charge in [0.25, 0.3) is 0 Å². The maximum atomic E-state index is 12.0. The SMILES string of the molecule is CCCC=NC(=NC)C1=CCC(NC(=O)/N=C(/C)SCC(=O)CC)CC1. The van der Waals surface area contributed by atoms with Crippen LogP contribution in [0.5, 0.6) is 0 Å². The summed E-state index contributed by atoms with van der Waals surface area (Å²) in [7, 11) is 1.76. The highest BCUT2D eigenvalue weighted by Gasteiger charge is 2.18. The molecule has 26 heavy (non-hydrogen) atoms. The highest BCUT2D eigenvalue weighted by molar-refractivity contribution is 8.14. The number of ketones is 1. The Balaban J connectivity index is 2.50. The van der Waals surface area contributed by atoms with Gasteiger partial charge in [-0.1, -0.05) is 26.3 Å². The van der Waals surface area contributed by atoms with Crippen LogP contribution in [0.15, 0.2) is 26.6 Å². The number of hydrogen-bond acceptors (Lipinski definition) is 4. The first kappa shape index (κ1) is 22.3. The monoisotopic (exact) mass is 378 g/mol. The molecule has 1 N–H and O–H groups in total. The first-order chi connectivity index (χ1) is 12.5. The van der Waals surface area contributed by atoms with Crippen molar-refractivity contribution in [3.05, 3.63) is 11.6 Å². The second-order valence-electron chi connectivity index (χ2n) is 6.11. The van der Waals surface area contributed by atoms with E-state index in [1.807, 2.05) is 13.1 Å². The van der Waals surface area contributed by atoms with Gasteiger partial charge in [0.2, 0.25) is 0 Å². The van der Waals surface area contributed by atoms with Gasteiger partial charge in [0.05, 0.1) is 10.8 Å². The van der Waals surface area contributed by atoms with Crippen LogP contribution in [0, 0.1) is 0 Å². The van der Waals surface area contributed by atoms with Crippen molar-refractivity contribution in [1.82, 2.24) is 5.32 Å². The molecule has 0 fully saturated rings. The summed E-state index contributed by atoms with van der Waals surface area (Å²) in [5.41, 5.74) is 1.14. The average Bonchev–Trinajstić information content (AvgIpc) is 2.64. The molecule has 1 unspecified atom stereocenters. The van der Waals surface area contributed by atoms with Crippen LogP contribution in [0.1, 0.15) is 59.3 Å². The number of urea groups is 1. The van der Waals surface area contributed by atoms with Crippen LogP contribution in [0.4, 0.5) is 4.79 Å². The van der Waals surface area contributed by atoms with Gasteiger partial charge in [0.15, 0.2) is 0 Å². The van der Waals surface area contributed by atoms with Gasteiger partial charge in [-0.2, -0.15) is 4.99 Å². The van der Waals surface area contributed by atoms with E-state index in [1.54, 1.807) is 14.0 Å². The van der Waals surface area contributed by atoms with E-state index in [4.69, 9.17) is 0 Å². The van der Waals surface area contributed by atoms with Gasteiger partial charge in [-0.05, 0) is 38.2 Å². The number of carbonyl (C=O) groups is 2. The maximum absolute atomic E-state index is 12.0. The summed E-state index contributed by atoms with van der Waals surface area (Å²) in [6, 6.07) is -0.269. The molecule has 1 aliphatic carbocycles. The van der Waals surface area contributed by atoms with Crippen molar-refractivity contribution >= 4 is 40.7 Å². The average molecular weight is 379 g/mol. The molecule has 1 rings (SSSR count). The Kier molecular flexibility index (Phi) is 10.8. The molecule has 0 bridgehead atoms. The number of nitrogens with one attached hydrogen (secondary N) is 1. The van der Waals surface area contributed by atoms with Crippen LogP contribution in [-0.2, 0) is 4.79 Å². The van der Waals surface area contributed by atoms with E-state index in [-0.39, 0.29) is 17.9 Å². The Hall–Kier alpha value is -1.76. The summed E-state index contributed by atoms with van der Waals surface area (Å²) in [5, 5.41) is 3.55. The fourth-order valence-electron chi connectivity index (χ4n) is 2.40. The molecule has 2 amide bonds. The number of rotatable bonds is 7. The fourth-order valence-corrected chi connectivity index (χ4v) is 3.12. The third-order valence-electron chi connectivity index (χ3n) is 3.96. The van der Waals surface area contributed by atoms with Crippen molar-refractivity contribution in [3.8, 4) is 0 Å². The quantitative estimate of drug-likeness (QED) is 0.532. The lowest BCUT2D eigenvalue weighted by atomic mass is 9.94. The smallest absolute Gasteiger partial charge is 0.333 e. The lowest BCUT2D eigenvalue weighted by Gasteiger charge is -2.22. The van der Waals surface area contributed by atoms with E-state index in [1.165, 1.54) is 11.8 Å². The van der Waals surface area contributed by atoms with Crippen LogP contribution in [-0.4, -0.2) is 47.8 Å². The Bertz CT molecular complexity index is 609. The normalized spacial score (nSPS) is 18.8. The van der Waals surface area contributed by atoms with Gasteiger partial charge in [-0.25, -0.2) is 9.79 Å². The molecule has 144 valence electrons. The Labute approximate surface area is 160 Å². The van der Waals surface area contributed by atoms with Gasteiger partial charge in [0.1, 0.15) is 11.6 Å². The minimum Gasteiger partial charge on any atom is -0.333 e. The van der Waals surface area contributed by atoms with E-state index in [9.17, 15) is 9.59 Å². The van der Waals surface area contributed by atoms with E-state index < -0.39 is 0 Å². The third-order valence-corrected chi connectivity index (χ3v) is 4.94. The van der Waals surface area contributed by atoms with Gasteiger partial charge >= 0.3 is 6.03 Å². The van der Waals surface area contributed by atoms with E-state index in [2.05, 4.69) is 33.3 Å². The Morgan fingerprint density at radius 2 is 2.15 bits per heavy atom. The molecule has 0 saturated heterocycles. The molecule has 0 heterocycles. The lowest BCUT2D eigenvalue weighted by Crippen LogP contribution is -2.34. The molecule has 0 spiro atoms. The van der Waals surface area contributed by atoms with Crippen molar-refractivity contribution in [2.45, 2.75) is 65.3 Å². The first-order valence-electron chi connectivity index (χ1n) is 9.19. The van der Waals surface area contributed by atoms with Crippen molar-refractivity contribution in [2.24, 2.45) is 15.0 Å². The van der Waals surface area contributed by atoms with Gasteiger partial charge in [-0.15, -0.1) is 11.8 Å². The van der Waals surface area contributed by atoms with Crippen LogP contribution in [0.3, 0.4) is 0 Å². The highest BCUT2D eigenvalue weighted by Crippen LogP contribution is 2.20. The molecule has 0 saturated carbocycles. The number of unbranched alkanes of at least 4 members (excludes halogenated alkanes) is 1. The number of carbonyl (C=O) groups excluding carboxylic acids is 2. The molecule has 1 atom stereocenters. The molecule has 7 heteroatoms. The molecule has 6 nitrogen and oxygen atoms in total. The molecule has 1 aliphatic rings. The summed E-state index contributed by atoms with van der Waals surface area (Å²) in [4.78, 5) is 36.0. The largest absolute Gasteiger partial charge is 0.341 e. The molecular formula is C19H30N4O2S. The molecule has 0 aromatic heterocycles. The highest BCUT2D eigenvalue weighted by atomic mass is 32.2. The zero-order valence-corrected chi connectivity index (χ0v) is 17.1. The number of Topliss-reactive ketones (excluding diaryl/α,β-unsaturated/α-hetero) is 1. The lowest BCUT2D eigenvalue weighted by molar-refractivity contribution is -0.116. The van der Waals surface area contributed by atoms with Gasteiger partial charge < -0.3 is 5.32 Å². The molecular weight excluding hydrogens is 348 g/mol. The van der Waals surface area contributed by atoms with Crippen molar-refractivity contribution in [2.75, 3.05) is 12.8 Å². The number of nitrogens with zero attached hydrogens (tertiary/aromatic N) is 3. The Morgan fingerprint density at radius 3 is 2.73 bits per heavy atom. The first-order valence-corrected chi connectivity index (χ1v) is 10.2. The van der Waals surface area contributed by atoms with Crippen LogP contribution in [0.25, 0.3) is 0 Å². The number of amides is 2. The van der Waals surface area contributed by atoms with Crippen molar-refractivity contribution in [3.63, 3.8) is 0 Å². The fraction of sp³-hybridized carbons (Fsp3) is 0.632. The standard InChI is InChI=1S/C19H30N4O2S/c1-5-7-12-21-18(20-4)15-8-10-16(11-9-15)23-19(25)22-14(3)26-13-17(24)6-2/h8,12,16H,5-7,9-11,13H2,1-4H3,(H,23,25)/b20-18?,21-12?,22-14-. The van der Waals surface area contributed by atoms with Gasteiger partial charge in [0, 0.05) is 25.7 Å². The summed E-state index contributed by atoms with van der Waals surface area (Å²) < 4.78 is 0. The van der Waals surface area contributed by atoms with Crippen LogP contribution >= 0.6 is 11.8 Å². The van der Waals surface area contributed by atoms with E-state index in [0.29, 0.717) is 17.2 Å². The third kappa shape index (κ3) is 8.56. The number of thioether (sulfide) groups is 1. The predicted octanol–water partition coefficient (Wildman–Crippen LogP) is 4.20. The van der Waals surface area contributed by atoms with Crippen molar-refractivity contribution < 1.29 is 9.59 Å². The summed E-state index contributed by atoms with van der Waals surface area (Å²) in [5.74, 6) is 1.31. The zero-order chi connectivity index (χ0) is 19.4. The summed E-state index contributed by atoms with van der Waals surface area (Å²) in [6.07, 6.45) is 8.97. The number of aliphatic imine (C=N–C) groups is 3. The topological polar surface area (TPSA) is 83.2 Å². The number of hydrogen-bond donors (Lipinski definition) is 1. The van der Waals surface area contributed by atoms with Crippen LogP contribution in [0.2, 0.25) is 0 Å². The molecule has 0 radical (unpaired) electrons. The van der Waals surface area contributed by atoms with Gasteiger partial charge in [-0.3, -0.25) is 9.79 Å². The second kappa shape index (κ2) is 12.6. The zero-order valence-electron chi connectivity index (χ0n) is 16.2. The van der Waals surface area contributed by atoms with Crippen molar-refractivity contribution in [1.29, 1.82) is 0 Å². The second-order valence-corrected chi connectivity index (χ2v) is 7.28. The maximum Gasteiger partial charge on any atom is 0.341 e. The minimum absolute atomic E-state index is 0.0720. The Morgan fingerprint density at radius 1 is 1.38 bits per heavy atom. The molecule has 0 aliphatic heterocycles. The molecule has 0 aromatic carbocycles. The van der Waals surface area contributed by atoms with Crippen LogP contribution < -0.4 is 5.32 Å². The summed E-state index contributed by atoms with van der Waals surface area (Å²) in [6.45, 7) is 5.70. The van der Waals surface area contributed by atoms with E-state index in [0.717, 1.165) is 43.5 Å². The predicted molar refractivity (Wildman–Crippen MR) is 112 cm³/mol. The summed E-state index contributed by atoms with van der Waals surface area (Å²) >= 11 is 1.31. The molecule has 0 aromatic rings. The minimum atomic E-state index is -0.342.